The van der Waals surface area contributed by atoms with Gasteiger partial charge in [0.1, 0.15) is 0 Å². The van der Waals surface area contributed by atoms with Crippen molar-refractivity contribution in [3.8, 4) is 0 Å². The van der Waals surface area contributed by atoms with Crippen LogP contribution < -0.4 is 5.32 Å². The lowest BCUT2D eigenvalue weighted by Crippen LogP contribution is -2.54. The van der Waals surface area contributed by atoms with E-state index in [1.807, 2.05) is 0 Å². The molecule has 1 saturated heterocycles. The van der Waals surface area contributed by atoms with Gasteiger partial charge in [-0.25, -0.2) is 0 Å². The number of rotatable bonds is 7. The maximum absolute atomic E-state index is 9.44. The standard InChI is InChI=1S/C17H27NO2/c1-14(18-10-17(11-19)12-20-13-17)9-16(2,3)15-7-5-4-6-8-15/h4-8,14,18-19H,9-13H2,1-3H3. The zero-order chi connectivity index (χ0) is 14.6. The van der Waals surface area contributed by atoms with Gasteiger partial charge in [-0.1, -0.05) is 44.2 Å². The third-order valence-corrected chi connectivity index (χ3v) is 4.35. The Kier molecular flexibility index (Phi) is 4.84. The van der Waals surface area contributed by atoms with Crippen molar-refractivity contribution >= 4 is 0 Å². The molecule has 20 heavy (non-hydrogen) atoms. The molecule has 0 radical (unpaired) electrons. The van der Waals surface area contributed by atoms with Crippen molar-refractivity contribution in [1.29, 1.82) is 0 Å². The lowest BCUT2D eigenvalue weighted by Gasteiger charge is -2.41. The zero-order valence-electron chi connectivity index (χ0n) is 12.9. The molecule has 0 amide bonds. The van der Waals surface area contributed by atoms with Crippen molar-refractivity contribution < 1.29 is 9.84 Å². The molecule has 1 heterocycles. The van der Waals surface area contributed by atoms with Gasteiger partial charge in [-0.05, 0) is 24.3 Å². The minimum absolute atomic E-state index is 0.0504. The summed E-state index contributed by atoms with van der Waals surface area (Å²) in [6.45, 7) is 9.17. The van der Waals surface area contributed by atoms with Gasteiger partial charge < -0.3 is 15.2 Å². The number of ether oxygens (including phenoxy) is 1. The highest BCUT2D eigenvalue weighted by molar-refractivity contribution is 5.23. The molecule has 1 aliphatic rings. The highest BCUT2D eigenvalue weighted by Gasteiger charge is 2.38. The normalized spacial score (nSPS) is 19.4. The van der Waals surface area contributed by atoms with Crippen LogP contribution in [-0.4, -0.2) is 37.5 Å². The zero-order valence-corrected chi connectivity index (χ0v) is 12.9. The van der Waals surface area contributed by atoms with E-state index in [-0.39, 0.29) is 17.4 Å². The Hall–Kier alpha value is -0.900. The molecular formula is C17H27NO2. The first-order chi connectivity index (χ1) is 9.47. The van der Waals surface area contributed by atoms with E-state index in [9.17, 15) is 5.11 Å². The van der Waals surface area contributed by atoms with E-state index in [0.29, 0.717) is 19.3 Å². The van der Waals surface area contributed by atoms with E-state index in [2.05, 4.69) is 56.4 Å². The topological polar surface area (TPSA) is 41.5 Å². The Morgan fingerprint density at radius 2 is 1.95 bits per heavy atom. The summed E-state index contributed by atoms with van der Waals surface area (Å²) in [4.78, 5) is 0. The number of nitrogens with one attached hydrogen (secondary N) is 1. The molecule has 3 heteroatoms. The lowest BCUT2D eigenvalue weighted by molar-refractivity contribution is -0.135. The fourth-order valence-electron chi connectivity index (χ4n) is 2.88. The molecule has 0 aromatic heterocycles. The van der Waals surface area contributed by atoms with Crippen LogP contribution in [0, 0.1) is 5.41 Å². The first kappa shape index (κ1) is 15.5. The van der Waals surface area contributed by atoms with Crippen LogP contribution in [0.15, 0.2) is 30.3 Å². The monoisotopic (exact) mass is 277 g/mol. The highest BCUT2D eigenvalue weighted by Crippen LogP contribution is 2.29. The van der Waals surface area contributed by atoms with Crippen molar-refractivity contribution in [3.05, 3.63) is 35.9 Å². The second-order valence-corrected chi connectivity index (χ2v) is 6.89. The Bertz CT molecular complexity index is 407. The molecule has 2 N–H and O–H groups in total. The third kappa shape index (κ3) is 3.60. The van der Waals surface area contributed by atoms with Crippen LogP contribution in [-0.2, 0) is 10.2 Å². The van der Waals surface area contributed by atoms with Gasteiger partial charge in [0.2, 0.25) is 0 Å². The smallest absolute Gasteiger partial charge is 0.0579 e. The molecule has 0 saturated carbocycles. The van der Waals surface area contributed by atoms with Crippen molar-refractivity contribution in [2.75, 3.05) is 26.4 Å². The van der Waals surface area contributed by atoms with Gasteiger partial charge in [0.15, 0.2) is 0 Å². The number of aliphatic hydroxyl groups excluding tert-OH is 1. The fourth-order valence-corrected chi connectivity index (χ4v) is 2.88. The molecule has 3 nitrogen and oxygen atoms in total. The van der Waals surface area contributed by atoms with Gasteiger partial charge in [0.05, 0.1) is 25.2 Å². The summed E-state index contributed by atoms with van der Waals surface area (Å²) in [6, 6.07) is 11.1. The molecule has 2 rings (SSSR count). The van der Waals surface area contributed by atoms with E-state index >= 15 is 0 Å². The molecule has 1 atom stereocenters. The summed E-state index contributed by atoms with van der Waals surface area (Å²) < 4.78 is 5.23. The molecule has 1 aromatic carbocycles. The van der Waals surface area contributed by atoms with Gasteiger partial charge in [-0.3, -0.25) is 0 Å². The summed E-state index contributed by atoms with van der Waals surface area (Å²) in [7, 11) is 0. The molecule has 1 aliphatic heterocycles. The quantitative estimate of drug-likeness (QED) is 0.804. The van der Waals surface area contributed by atoms with Crippen molar-refractivity contribution in [2.24, 2.45) is 5.41 Å². The molecule has 1 unspecified atom stereocenters. The Balaban J connectivity index is 1.86. The third-order valence-electron chi connectivity index (χ3n) is 4.35. The van der Waals surface area contributed by atoms with Crippen LogP contribution in [0.4, 0.5) is 0 Å². The first-order valence-corrected chi connectivity index (χ1v) is 7.45. The minimum Gasteiger partial charge on any atom is -0.396 e. The van der Waals surface area contributed by atoms with Crippen LogP contribution in [0.1, 0.15) is 32.8 Å². The maximum atomic E-state index is 9.44. The Morgan fingerprint density at radius 3 is 2.45 bits per heavy atom. The Labute approximate surface area is 122 Å². The molecule has 0 spiro atoms. The van der Waals surface area contributed by atoms with E-state index in [1.54, 1.807) is 0 Å². The second-order valence-electron chi connectivity index (χ2n) is 6.89. The molecule has 0 bridgehead atoms. The van der Waals surface area contributed by atoms with E-state index in [0.717, 1.165) is 13.0 Å². The number of aliphatic hydroxyl groups is 1. The van der Waals surface area contributed by atoms with Gasteiger partial charge in [0, 0.05) is 12.6 Å². The summed E-state index contributed by atoms with van der Waals surface area (Å²) >= 11 is 0. The SMILES string of the molecule is CC(CC(C)(C)c1ccccc1)NCC1(CO)COC1. The van der Waals surface area contributed by atoms with Gasteiger partial charge in [-0.15, -0.1) is 0 Å². The number of hydrogen-bond acceptors (Lipinski definition) is 3. The van der Waals surface area contributed by atoms with E-state index < -0.39 is 0 Å². The van der Waals surface area contributed by atoms with Crippen molar-refractivity contribution in [3.63, 3.8) is 0 Å². The van der Waals surface area contributed by atoms with Crippen LogP contribution in [0.5, 0.6) is 0 Å². The predicted octanol–water partition coefficient (Wildman–Crippen LogP) is 2.34. The number of benzene rings is 1. The van der Waals surface area contributed by atoms with Crippen LogP contribution in [0.3, 0.4) is 0 Å². The van der Waals surface area contributed by atoms with Crippen LogP contribution in [0.25, 0.3) is 0 Å². The average molecular weight is 277 g/mol. The maximum Gasteiger partial charge on any atom is 0.0579 e. The molecule has 1 aromatic rings. The molecule has 112 valence electrons. The largest absolute Gasteiger partial charge is 0.396 e. The molecule has 1 fully saturated rings. The van der Waals surface area contributed by atoms with Crippen molar-refractivity contribution in [2.45, 2.75) is 38.6 Å². The van der Waals surface area contributed by atoms with Crippen molar-refractivity contribution in [1.82, 2.24) is 5.32 Å². The minimum atomic E-state index is -0.0504. The molecular weight excluding hydrogens is 250 g/mol. The summed E-state index contributed by atoms with van der Waals surface area (Å²) in [5.74, 6) is 0. The molecule has 0 aliphatic carbocycles. The average Bonchev–Trinajstić information content (AvgIpc) is 2.38. The summed E-state index contributed by atoms with van der Waals surface area (Å²) in [6.07, 6.45) is 1.07. The fraction of sp³-hybridized carbons (Fsp3) is 0.647. The second kappa shape index (κ2) is 6.25. The summed E-state index contributed by atoms with van der Waals surface area (Å²) in [5, 5.41) is 13.0. The first-order valence-electron chi connectivity index (χ1n) is 7.45. The van der Waals surface area contributed by atoms with Gasteiger partial charge in [-0.2, -0.15) is 0 Å². The summed E-state index contributed by atoms with van der Waals surface area (Å²) in [5.41, 5.74) is 1.47. The number of hydrogen-bond donors (Lipinski definition) is 2. The van der Waals surface area contributed by atoms with Gasteiger partial charge >= 0.3 is 0 Å². The van der Waals surface area contributed by atoms with E-state index in [4.69, 9.17) is 4.74 Å². The highest BCUT2D eigenvalue weighted by atomic mass is 16.5. The lowest BCUT2D eigenvalue weighted by atomic mass is 9.79. The van der Waals surface area contributed by atoms with Crippen LogP contribution in [0.2, 0.25) is 0 Å². The van der Waals surface area contributed by atoms with E-state index in [1.165, 1.54) is 5.56 Å². The van der Waals surface area contributed by atoms with Gasteiger partial charge in [0.25, 0.3) is 0 Å². The van der Waals surface area contributed by atoms with Crippen LogP contribution >= 0.6 is 0 Å². The predicted molar refractivity (Wildman–Crippen MR) is 81.9 cm³/mol. The Morgan fingerprint density at radius 1 is 1.30 bits per heavy atom.